The van der Waals surface area contributed by atoms with Gasteiger partial charge in [-0.25, -0.2) is 0 Å². The Hall–Kier alpha value is -2.44. The Balaban J connectivity index is 1.60. The van der Waals surface area contributed by atoms with Crippen LogP contribution < -0.4 is 0 Å². The van der Waals surface area contributed by atoms with Crippen LogP contribution in [-0.4, -0.2) is 27.4 Å². The van der Waals surface area contributed by atoms with E-state index in [2.05, 4.69) is 50.4 Å². The summed E-state index contributed by atoms with van der Waals surface area (Å²) < 4.78 is 1.02. The molecular weight excluding hydrogens is 434 g/mol. The average Bonchev–Trinajstić information content (AvgIpc) is 2.97. The zero-order valence-electron chi connectivity index (χ0n) is 15.2. The number of rotatable bonds is 4. The topological polar surface area (TPSA) is 45.0 Å². The number of thioether (sulfide) groups is 1. The molecule has 0 bridgehead atoms. The number of fused-ring (bicyclic) bond motifs is 1. The van der Waals surface area contributed by atoms with Crippen molar-refractivity contribution in [2.45, 2.75) is 18.7 Å². The lowest BCUT2D eigenvalue weighted by atomic mass is 10.0. The molecule has 3 aromatic carbocycles. The van der Waals surface area contributed by atoms with Crippen LogP contribution in [0.25, 0.3) is 10.8 Å². The summed E-state index contributed by atoms with van der Waals surface area (Å²) in [5, 5.41) is 11.4. The lowest BCUT2D eigenvalue weighted by Crippen LogP contribution is -2.30. The van der Waals surface area contributed by atoms with Crippen LogP contribution in [-0.2, 0) is 11.3 Å². The molecule has 0 saturated carbocycles. The van der Waals surface area contributed by atoms with Gasteiger partial charge in [0.1, 0.15) is 0 Å². The summed E-state index contributed by atoms with van der Waals surface area (Å²) in [7, 11) is 0. The second-order valence-corrected chi connectivity index (χ2v) is 8.73. The molecule has 4 rings (SSSR count). The summed E-state index contributed by atoms with van der Waals surface area (Å²) in [5.41, 5.74) is 2.06. The summed E-state index contributed by atoms with van der Waals surface area (Å²) in [6.07, 6.45) is 1.70. The molecule has 0 spiro atoms. The fraction of sp³-hybridized carbons (Fsp3) is 0.136. The van der Waals surface area contributed by atoms with Crippen molar-refractivity contribution in [2.24, 2.45) is 10.2 Å². The Kier molecular flexibility index (Phi) is 5.59. The Labute approximate surface area is 176 Å². The van der Waals surface area contributed by atoms with Gasteiger partial charge in [0, 0.05) is 4.47 Å². The van der Waals surface area contributed by atoms with Crippen LogP contribution in [0.15, 0.2) is 81.4 Å². The van der Waals surface area contributed by atoms with Crippen LogP contribution in [0.1, 0.15) is 18.1 Å². The van der Waals surface area contributed by atoms with Gasteiger partial charge in [-0.2, -0.15) is 5.10 Å². The van der Waals surface area contributed by atoms with Crippen LogP contribution in [0.5, 0.6) is 0 Å². The fourth-order valence-corrected chi connectivity index (χ4v) is 4.29. The molecule has 6 heteroatoms. The van der Waals surface area contributed by atoms with Gasteiger partial charge in [-0.15, -0.1) is 5.10 Å². The highest BCUT2D eigenvalue weighted by Crippen LogP contribution is 2.30. The van der Waals surface area contributed by atoms with E-state index in [1.165, 1.54) is 17.1 Å². The van der Waals surface area contributed by atoms with Gasteiger partial charge in [0.15, 0.2) is 5.17 Å². The highest BCUT2D eigenvalue weighted by molar-refractivity contribution is 9.10. The van der Waals surface area contributed by atoms with Crippen molar-refractivity contribution in [1.29, 1.82) is 0 Å². The SMILES string of the molecule is CC1S/C(=N\N=C\c2ccc(Br)cc2)N(Cc2cccc3ccccc23)C1=O. The predicted molar refractivity (Wildman–Crippen MR) is 121 cm³/mol. The number of amides is 1. The van der Waals surface area contributed by atoms with E-state index >= 15 is 0 Å². The summed E-state index contributed by atoms with van der Waals surface area (Å²) >= 11 is 4.87. The molecule has 4 nitrogen and oxygen atoms in total. The third kappa shape index (κ3) is 4.03. The summed E-state index contributed by atoms with van der Waals surface area (Å²) in [4.78, 5) is 14.4. The zero-order chi connectivity index (χ0) is 19.5. The molecule has 140 valence electrons. The number of benzene rings is 3. The van der Waals surface area contributed by atoms with Crippen LogP contribution in [0.2, 0.25) is 0 Å². The first-order valence-corrected chi connectivity index (χ1v) is 10.6. The Morgan fingerprint density at radius 2 is 1.82 bits per heavy atom. The van der Waals surface area contributed by atoms with Gasteiger partial charge in [-0.1, -0.05) is 82.3 Å². The van der Waals surface area contributed by atoms with Crippen LogP contribution in [0, 0.1) is 0 Å². The largest absolute Gasteiger partial charge is 0.284 e. The molecule has 0 aromatic heterocycles. The average molecular weight is 452 g/mol. The first-order chi connectivity index (χ1) is 13.6. The molecule has 1 atom stereocenters. The smallest absolute Gasteiger partial charge is 0.242 e. The maximum absolute atomic E-state index is 12.7. The second-order valence-electron chi connectivity index (χ2n) is 6.50. The molecule has 1 unspecified atom stereocenters. The van der Waals surface area contributed by atoms with E-state index < -0.39 is 0 Å². The van der Waals surface area contributed by atoms with E-state index in [1.807, 2.05) is 49.4 Å². The number of hydrogen-bond acceptors (Lipinski definition) is 4. The number of hydrogen-bond donors (Lipinski definition) is 0. The van der Waals surface area contributed by atoms with Crippen molar-refractivity contribution >= 4 is 55.8 Å². The first-order valence-electron chi connectivity index (χ1n) is 8.93. The van der Waals surface area contributed by atoms with Gasteiger partial charge < -0.3 is 0 Å². The number of nitrogens with zero attached hydrogens (tertiary/aromatic N) is 3. The molecule has 1 heterocycles. The van der Waals surface area contributed by atoms with E-state index in [1.54, 1.807) is 11.1 Å². The Morgan fingerprint density at radius 3 is 2.64 bits per heavy atom. The fourth-order valence-electron chi connectivity index (χ4n) is 3.10. The van der Waals surface area contributed by atoms with E-state index in [9.17, 15) is 4.79 Å². The van der Waals surface area contributed by atoms with Gasteiger partial charge >= 0.3 is 0 Å². The summed E-state index contributed by atoms with van der Waals surface area (Å²) in [6.45, 7) is 2.40. The number of amidine groups is 1. The highest BCUT2D eigenvalue weighted by Gasteiger charge is 2.35. The molecular formula is C22H18BrN3OS. The van der Waals surface area contributed by atoms with Crippen LogP contribution in [0.3, 0.4) is 0 Å². The lowest BCUT2D eigenvalue weighted by molar-refractivity contribution is -0.126. The molecule has 28 heavy (non-hydrogen) atoms. The summed E-state index contributed by atoms with van der Waals surface area (Å²) in [6, 6.07) is 22.2. The second kappa shape index (κ2) is 8.29. The third-order valence-electron chi connectivity index (χ3n) is 4.56. The van der Waals surface area contributed by atoms with Crippen molar-refractivity contribution in [3.63, 3.8) is 0 Å². The molecule has 0 radical (unpaired) electrons. The number of carbonyl (C=O) groups excluding carboxylic acids is 1. The van der Waals surface area contributed by atoms with E-state index in [-0.39, 0.29) is 11.2 Å². The molecule has 0 aliphatic carbocycles. The summed E-state index contributed by atoms with van der Waals surface area (Å²) in [5.74, 6) is 0.0653. The molecule has 1 aliphatic heterocycles. The minimum absolute atomic E-state index is 0.0653. The quantitative estimate of drug-likeness (QED) is 0.390. The van der Waals surface area contributed by atoms with Crippen molar-refractivity contribution in [2.75, 3.05) is 0 Å². The molecule has 1 saturated heterocycles. The minimum Gasteiger partial charge on any atom is -0.284 e. The van der Waals surface area contributed by atoms with Gasteiger partial charge in [-0.05, 0) is 41.0 Å². The van der Waals surface area contributed by atoms with Crippen molar-refractivity contribution in [3.8, 4) is 0 Å². The first kappa shape index (κ1) is 18.9. The highest BCUT2D eigenvalue weighted by atomic mass is 79.9. The Bertz CT molecular complexity index is 1070. The maximum Gasteiger partial charge on any atom is 0.242 e. The zero-order valence-corrected chi connectivity index (χ0v) is 17.7. The standard InChI is InChI=1S/C22H18BrN3OS/c1-15-21(27)26(14-18-7-4-6-17-5-2-3-8-20(17)18)22(28-15)25-24-13-16-9-11-19(23)12-10-16/h2-13,15H,14H2,1H3/b24-13+,25-22-. The number of halogens is 1. The molecule has 1 fully saturated rings. The minimum atomic E-state index is -0.156. The Morgan fingerprint density at radius 1 is 1.07 bits per heavy atom. The predicted octanol–water partition coefficient (Wildman–Crippen LogP) is 5.46. The maximum atomic E-state index is 12.7. The van der Waals surface area contributed by atoms with Gasteiger partial charge in [-0.3, -0.25) is 9.69 Å². The number of carbonyl (C=O) groups is 1. The van der Waals surface area contributed by atoms with Gasteiger partial charge in [0.05, 0.1) is 18.0 Å². The van der Waals surface area contributed by atoms with Crippen LogP contribution >= 0.6 is 27.7 Å². The van der Waals surface area contributed by atoms with Crippen molar-refractivity contribution < 1.29 is 4.79 Å². The molecule has 3 aromatic rings. The molecule has 1 amide bonds. The van der Waals surface area contributed by atoms with E-state index in [0.29, 0.717) is 11.7 Å². The van der Waals surface area contributed by atoms with E-state index in [4.69, 9.17) is 0 Å². The molecule has 1 aliphatic rings. The third-order valence-corrected chi connectivity index (χ3v) is 6.15. The monoisotopic (exact) mass is 451 g/mol. The van der Waals surface area contributed by atoms with Crippen molar-refractivity contribution in [3.05, 3.63) is 82.3 Å². The van der Waals surface area contributed by atoms with Gasteiger partial charge in [0.2, 0.25) is 5.91 Å². The normalized spacial score (nSPS) is 18.6. The van der Waals surface area contributed by atoms with E-state index in [0.717, 1.165) is 21.0 Å². The lowest BCUT2D eigenvalue weighted by Gasteiger charge is -2.17. The van der Waals surface area contributed by atoms with Gasteiger partial charge in [0.25, 0.3) is 0 Å². The molecule has 0 N–H and O–H groups in total. The van der Waals surface area contributed by atoms with Crippen LogP contribution in [0.4, 0.5) is 0 Å². The van der Waals surface area contributed by atoms with Crippen molar-refractivity contribution in [1.82, 2.24) is 4.90 Å².